The van der Waals surface area contributed by atoms with Crippen LogP contribution in [0.25, 0.3) is 0 Å². The van der Waals surface area contributed by atoms with Crippen LogP contribution >= 0.6 is 11.6 Å². The van der Waals surface area contributed by atoms with Crippen molar-refractivity contribution >= 4 is 23.2 Å². The van der Waals surface area contributed by atoms with Crippen molar-refractivity contribution in [1.82, 2.24) is 0 Å². The summed E-state index contributed by atoms with van der Waals surface area (Å²) in [5.74, 6) is 1.20. The summed E-state index contributed by atoms with van der Waals surface area (Å²) < 4.78 is 10.7. The lowest BCUT2D eigenvalue weighted by Gasteiger charge is -2.12. The van der Waals surface area contributed by atoms with Crippen molar-refractivity contribution in [1.29, 1.82) is 0 Å². The van der Waals surface area contributed by atoms with Crippen LogP contribution in [0.1, 0.15) is 11.1 Å². The second-order valence-electron chi connectivity index (χ2n) is 4.93. The fraction of sp³-hybridized carbons (Fsp3) is 0.235. The largest absolute Gasteiger partial charge is 0.497 e. The lowest BCUT2D eigenvalue weighted by molar-refractivity contribution is -0.118. The Hall–Kier alpha value is -2.20. The number of benzene rings is 2. The molecule has 0 fully saturated rings. The van der Waals surface area contributed by atoms with E-state index in [1.165, 1.54) is 0 Å². The highest BCUT2D eigenvalue weighted by molar-refractivity contribution is 6.30. The van der Waals surface area contributed by atoms with Crippen molar-refractivity contribution in [3.63, 3.8) is 0 Å². The molecular weight excluding hydrogens is 302 g/mol. The highest BCUT2D eigenvalue weighted by atomic mass is 35.5. The molecule has 0 heterocycles. The molecule has 22 heavy (non-hydrogen) atoms. The van der Waals surface area contributed by atoms with Gasteiger partial charge in [0.1, 0.15) is 11.5 Å². The molecule has 0 aliphatic heterocycles. The highest BCUT2D eigenvalue weighted by Gasteiger charge is 2.09. The zero-order valence-corrected chi connectivity index (χ0v) is 13.5. The van der Waals surface area contributed by atoms with Gasteiger partial charge in [-0.3, -0.25) is 4.79 Å². The number of ether oxygens (including phenoxy) is 2. The number of carbonyl (C=O) groups excluding carboxylic acids is 1. The molecule has 0 radical (unpaired) electrons. The molecule has 0 unspecified atom stereocenters. The van der Waals surface area contributed by atoms with E-state index >= 15 is 0 Å². The number of amides is 1. The third-order valence-electron chi connectivity index (χ3n) is 3.15. The molecule has 2 aromatic carbocycles. The first-order valence-electron chi connectivity index (χ1n) is 6.83. The summed E-state index contributed by atoms with van der Waals surface area (Å²) in [6, 6.07) is 10.7. The molecule has 116 valence electrons. The van der Waals surface area contributed by atoms with Gasteiger partial charge in [-0.25, -0.2) is 0 Å². The average Bonchev–Trinajstić information content (AvgIpc) is 2.47. The molecule has 0 bridgehead atoms. The summed E-state index contributed by atoms with van der Waals surface area (Å²) in [5.41, 5.74) is 2.50. The van der Waals surface area contributed by atoms with E-state index in [0.29, 0.717) is 16.5 Å². The minimum atomic E-state index is -0.223. The molecule has 5 heteroatoms. The number of halogens is 1. The van der Waals surface area contributed by atoms with Crippen LogP contribution in [0.2, 0.25) is 5.02 Å². The van der Waals surface area contributed by atoms with Crippen LogP contribution in [0.5, 0.6) is 11.5 Å². The van der Waals surface area contributed by atoms with E-state index in [9.17, 15) is 4.79 Å². The summed E-state index contributed by atoms with van der Waals surface area (Å²) in [5, 5.41) is 3.43. The Morgan fingerprint density at radius 2 is 1.73 bits per heavy atom. The van der Waals surface area contributed by atoms with Gasteiger partial charge in [0.2, 0.25) is 0 Å². The minimum absolute atomic E-state index is 0.0602. The van der Waals surface area contributed by atoms with Crippen molar-refractivity contribution in [2.24, 2.45) is 0 Å². The van der Waals surface area contributed by atoms with Gasteiger partial charge >= 0.3 is 0 Å². The topological polar surface area (TPSA) is 47.6 Å². The quantitative estimate of drug-likeness (QED) is 0.906. The zero-order valence-electron chi connectivity index (χ0n) is 12.8. The first-order valence-corrected chi connectivity index (χ1v) is 7.21. The Morgan fingerprint density at radius 3 is 2.27 bits per heavy atom. The molecule has 0 aliphatic carbocycles. The number of anilines is 1. The minimum Gasteiger partial charge on any atom is -0.497 e. The maximum Gasteiger partial charge on any atom is 0.262 e. The number of hydrogen-bond donors (Lipinski definition) is 1. The Kier molecular flexibility index (Phi) is 5.28. The SMILES string of the molecule is COc1ccc(NC(=O)COc2c(C)cc(Cl)cc2C)cc1. The smallest absolute Gasteiger partial charge is 0.262 e. The molecule has 0 saturated heterocycles. The molecule has 2 aromatic rings. The maximum atomic E-state index is 11.9. The lowest BCUT2D eigenvalue weighted by atomic mass is 10.1. The molecule has 0 aliphatic rings. The third-order valence-corrected chi connectivity index (χ3v) is 3.36. The van der Waals surface area contributed by atoms with Crippen molar-refractivity contribution in [2.45, 2.75) is 13.8 Å². The van der Waals surface area contributed by atoms with Crippen LogP contribution in [0.15, 0.2) is 36.4 Å². The Balaban J connectivity index is 1.95. The molecule has 0 atom stereocenters. The molecule has 0 spiro atoms. The fourth-order valence-electron chi connectivity index (χ4n) is 2.13. The molecular formula is C17H18ClNO3. The number of rotatable bonds is 5. The summed E-state index contributed by atoms with van der Waals surface area (Å²) in [6.07, 6.45) is 0. The van der Waals surface area contributed by atoms with E-state index in [4.69, 9.17) is 21.1 Å². The van der Waals surface area contributed by atoms with Crippen LogP contribution in [0, 0.1) is 13.8 Å². The third kappa shape index (κ3) is 4.15. The number of carbonyl (C=O) groups is 1. The maximum absolute atomic E-state index is 11.9. The normalized spacial score (nSPS) is 10.2. The molecule has 1 amide bonds. The Morgan fingerprint density at radius 1 is 1.14 bits per heavy atom. The van der Waals surface area contributed by atoms with Gasteiger partial charge in [-0.15, -0.1) is 0 Å². The predicted molar refractivity (Wildman–Crippen MR) is 88.0 cm³/mol. The van der Waals surface area contributed by atoms with Gasteiger partial charge in [0.15, 0.2) is 6.61 Å². The molecule has 1 N–H and O–H groups in total. The van der Waals surface area contributed by atoms with Gasteiger partial charge < -0.3 is 14.8 Å². The van der Waals surface area contributed by atoms with Crippen LogP contribution in [0.3, 0.4) is 0 Å². The summed E-state index contributed by atoms with van der Waals surface area (Å²) in [7, 11) is 1.60. The molecule has 0 aromatic heterocycles. The standard InChI is InChI=1S/C17H18ClNO3/c1-11-8-13(18)9-12(2)17(11)22-10-16(20)19-14-4-6-15(21-3)7-5-14/h4-9H,10H2,1-3H3,(H,19,20). The molecule has 0 saturated carbocycles. The van der Waals surface area contributed by atoms with Crippen molar-refractivity contribution < 1.29 is 14.3 Å². The predicted octanol–water partition coefficient (Wildman–Crippen LogP) is 3.98. The Bertz CT molecular complexity index is 645. The highest BCUT2D eigenvalue weighted by Crippen LogP contribution is 2.27. The van der Waals surface area contributed by atoms with Crippen LogP contribution in [0.4, 0.5) is 5.69 Å². The van der Waals surface area contributed by atoms with E-state index in [-0.39, 0.29) is 12.5 Å². The number of aryl methyl sites for hydroxylation is 2. The van der Waals surface area contributed by atoms with E-state index in [0.717, 1.165) is 16.9 Å². The van der Waals surface area contributed by atoms with Crippen LogP contribution in [-0.2, 0) is 4.79 Å². The summed E-state index contributed by atoms with van der Waals surface area (Å²) >= 11 is 5.97. The number of methoxy groups -OCH3 is 1. The molecule has 2 rings (SSSR count). The summed E-state index contributed by atoms with van der Waals surface area (Å²) in [4.78, 5) is 11.9. The van der Waals surface area contributed by atoms with E-state index < -0.39 is 0 Å². The van der Waals surface area contributed by atoms with E-state index in [1.807, 2.05) is 26.0 Å². The second kappa shape index (κ2) is 7.18. The van der Waals surface area contributed by atoms with Crippen LogP contribution in [-0.4, -0.2) is 19.6 Å². The van der Waals surface area contributed by atoms with Crippen molar-refractivity contribution in [3.05, 3.63) is 52.5 Å². The van der Waals surface area contributed by atoms with Gasteiger partial charge in [-0.1, -0.05) is 11.6 Å². The second-order valence-corrected chi connectivity index (χ2v) is 5.37. The van der Waals surface area contributed by atoms with Crippen molar-refractivity contribution in [2.75, 3.05) is 19.0 Å². The summed E-state index contributed by atoms with van der Waals surface area (Å²) in [6.45, 7) is 3.74. The monoisotopic (exact) mass is 319 g/mol. The van der Waals surface area contributed by atoms with E-state index in [1.54, 1.807) is 31.4 Å². The van der Waals surface area contributed by atoms with Gasteiger partial charge in [-0.2, -0.15) is 0 Å². The lowest BCUT2D eigenvalue weighted by Crippen LogP contribution is -2.20. The van der Waals surface area contributed by atoms with Crippen molar-refractivity contribution in [3.8, 4) is 11.5 Å². The fourth-order valence-corrected chi connectivity index (χ4v) is 2.46. The first-order chi connectivity index (χ1) is 10.5. The van der Waals surface area contributed by atoms with Gasteiger partial charge in [0.05, 0.1) is 7.11 Å². The number of hydrogen-bond acceptors (Lipinski definition) is 3. The molecule has 4 nitrogen and oxygen atoms in total. The van der Waals surface area contributed by atoms with Gasteiger partial charge in [0, 0.05) is 10.7 Å². The van der Waals surface area contributed by atoms with Crippen LogP contribution < -0.4 is 14.8 Å². The van der Waals surface area contributed by atoms with Gasteiger partial charge in [-0.05, 0) is 61.4 Å². The first kappa shape index (κ1) is 16.2. The van der Waals surface area contributed by atoms with Gasteiger partial charge in [0.25, 0.3) is 5.91 Å². The zero-order chi connectivity index (χ0) is 16.1. The Labute approximate surface area is 135 Å². The van der Waals surface area contributed by atoms with E-state index in [2.05, 4.69) is 5.32 Å². The number of nitrogens with one attached hydrogen (secondary N) is 1. The average molecular weight is 320 g/mol.